The van der Waals surface area contributed by atoms with Crippen LogP contribution in [-0.4, -0.2) is 18.5 Å². The molecule has 0 unspecified atom stereocenters. The van der Waals surface area contributed by atoms with Crippen molar-refractivity contribution in [2.24, 2.45) is 0 Å². The maximum absolute atomic E-state index is 12.2. The second kappa shape index (κ2) is 6.35. The highest BCUT2D eigenvalue weighted by Crippen LogP contribution is 2.31. The summed E-state index contributed by atoms with van der Waals surface area (Å²) < 4.78 is 0. The van der Waals surface area contributed by atoms with Crippen LogP contribution in [0.25, 0.3) is 0 Å². The molecule has 24 heavy (non-hydrogen) atoms. The summed E-state index contributed by atoms with van der Waals surface area (Å²) in [7, 11) is 0. The van der Waals surface area contributed by atoms with Crippen LogP contribution in [0.4, 0.5) is 21.9 Å². The number of rotatable bonds is 2. The van der Waals surface area contributed by atoms with Gasteiger partial charge >= 0.3 is 6.03 Å². The molecule has 2 aromatic carbocycles. The van der Waals surface area contributed by atoms with E-state index in [1.807, 2.05) is 50.2 Å². The molecule has 1 aliphatic heterocycles. The van der Waals surface area contributed by atoms with Crippen LogP contribution in [0.3, 0.4) is 0 Å². The SMILES string of the molecule is CC(=O)N1CCc2ccc(NC(=O)Nc3ccc(C)c(C)c3)cc21. The van der Waals surface area contributed by atoms with Crippen LogP contribution < -0.4 is 15.5 Å². The van der Waals surface area contributed by atoms with Gasteiger partial charge in [-0.05, 0) is 61.2 Å². The molecule has 3 rings (SSSR count). The molecular weight excluding hydrogens is 302 g/mol. The molecule has 0 saturated heterocycles. The van der Waals surface area contributed by atoms with Gasteiger partial charge in [-0.25, -0.2) is 4.79 Å². The third-order valence-electron chi connectivity index (χ3n) is 4.38. The first-order valence-corrected chi connectivity index (χ1v) is 8.00. The Bertz CT molecular complexity index is 814. The zero-order chi connectivity index (χ0) is 17.3. The van der Waals surface area contributed by atoms with Gasteiger partial charge in [0.15, 0.2) is 0 Å². The molecule has 1 aliphatic rings. The van der Waals surface area contributed by atoms with Gasteiger partial charge < -0.3 is 15.5 Å². The highest BCUT2D eigenvalue weighted by Gasteiger charge is 2.22. The summed E-state index contributed by atoms with van der Waals surface area (Å²) >= 11 is 0. The van der Waals surface area contributed by atoms with Gasteiger partial charge in [0.1, 0.15) is 0 Å². The number of amides is 3. The number of nitrogens with one attached hydrogen (secondary N) is 2. The van der Waals surface area contributed by atoms with Crippen LogP contribution in [-0.2, 0) is 11.2 Å². The minimum atomic E-state index is -0.300. The second-order valence-corrected chi connectivity index (χ2v) is 6.14. The quantitative estimate of drug-likeness (QED) is 0.881. The van der Waals surface area contributed by atoms with Gasteiger partial charge in [0.25, 0.3) is 0 Å². The molecule has 1 heterocycles. The number of carbonyl (C=O) groups is 2. The molecule has 0 radical (unpaired) electrons. The molecule has 3 amide bonds. The van der Waals surface area contributed by atoms with Crippen molar-refractivity contribution in [3.8, 4) is 0 Å². The topological polar surface area (TPSA) is 61.4 Å². The fraction of sp³-hybridized carbons (Fsp3) is 0.263. The van der Waals surface area contributed by atoms with E-state index in [2.05, 4.69) is 10.6 Å². The normalized spacial score (nSPS) is 12.7. The number of benzene rings is 2. The first-order valence-electron chi connectivity index (χ1n) is 8.00. The molecule has 2 N–H and O–H groups in total. The van der Waals surface area contributed by atoms with E-state index in [-0.39, 0.29) is 11.9 Å². The molecule has 0 spiro atoms. The predicted octanol–water partition coefficient (Wildman–Crippen LogP) is 3.86. The van der Waals surface area contributed by atoms with E-state index in [1.54, 1.807) is 11.8 Å². The van der Waals surface area contributed by atoms with Crippen LogP contribution in [0.5, 0.6) is 0 Å². The Balaban J connectivity index is 1.72. The molecule has 0 atom stereocenters. The Kier molecular flexibility index (Phi) is 4.25. The van der Waals surface area contributed by atoms with E-state index in [9.17, 15) is 9.59 Å². The minimum Gasteiger partial charge on any atom is -0.312 e. The van der Waals surface area contributed by atoms with Gasteiger partial charge in [-0.2, -0.15) is 0 Å². The lowest BCUT2D eigenvalue weighted by molar-refractivity contribution is -0.116. The van der Waals surface area contributed by atoms with Crippen molar-refractivity contribution in [1.82, 2.24) is 0 Å². The van der Waals surface area contributed by atoms with Crippen molar-refractivity contribution in [3.05, 3.63) is 53.1 Å². The molecular formula is C19H21N3O2. The monoisotopic (exact) mass is 323 g/mol. The summed E-state index contributed by atoms with van der Waals surface area (Å²) in [4.78, 5) is 25.6. The molecule has 2 aromatic rings. The fourth-order valence-corrected chi connectivity index (χ4v) is 2.90. The van der Waals surface area contributed by atoms with Crippen LogP contribution in [0, 0.1) is 13.8 Å². The number of nitrogens with zero attached hydrogens (tertiary/aromatic N) is 1. The summed E-state index contributed by atoms with van der Waals surface area (Å²) in [6.07, 6.45) is 0.851. The zero-order valence-corrected chi connectivity index (χ0v) is 14.1. The number of hydrogen-bond acceptors (Lipinski definition) is 2. The molecule has 0 aromatic heterocycles. The first kappa shape index (κ1) is 16.1. The lowest BCUT2D eigenvalue weighted by atomic mass is 10.1. The second-order valence-electron chi connectivity index (χ2n) is 6.14. The number of anilines is 3. The molecule has 5 heteroatoms. The highest BCUT2D eigenvalue weighted by molar-refractivity contribution is 6.01. The molecule has 0 fully saturated rings. The smallest absolute Gasteiger partial charge is 0.312 e. The van der Waals surface area contributed by atoms with Crippen molar-refractivity contribution in [1.29, 1.82) is 0 Å². The van der Waals surface area contributed by atoms with Gasteiger partial charge in [-0.15, -0.1) is 0 Å². The Morgan fingerprint density at radius 1 is 0.958 bits per heavy atom. The van der Waals surface area contributed by atoms with Crippen LogP contribution >= 0.6 is 0 Å². The van der Waals surface area contributed by atoms with Crippen molar-refractivity contribution < 1.29 is 9.59 Å². The highest BCUT2D eigenvalue weighted by atomic mass is 16.2. The van der Waals surface area contributed by atoms with Gasteiger partial charge in [0.2, 0.25) is 5.91 Å². The minimum absolute atomic E-state index is 0.0190. The largest absolute Gasteiger partial charge is 0.323 e. The number of carbonyl (C=O) groups excluding carboxylic acids is 2. The van der Waals surface area contributed by atoms with Gasteiger partial charge in [-0.3, -0.25) is 4.79 Å². The third-order valence-corrected chi connectivity index (χ3v) is 4.38. The number of hydrogen-bond donors (Lipinski definition) is 2. The summed E-state index contributed by atoms with van der Waals surface area (Å²) in [6.45, 7) is 6.30. The van der Waals surface area contributed by atoms with Gasteiger partial charge in [-0.1, -0.05) is 12.1 Å². The average molecular weight is 323 g/mol. The van der Waals surface area contributed by atoms with Gasteiger partial charge in [0, 0.05) is 30.5 Å². The lowest BCUT2D eigenvalue weighted by Gasteiger charge is -2.16. The Labute approximate surface area is 141 Å². The predicted molar refractivity (Wildman–Crippen MR) is 96.7 cm³/mol. The van der Waals surface area contributed by atoms with Crippen LogP contribution in [0.2, 0.25) is 0 Å². The van der Waals surface area contributed by atoms with E-state index < -0.39 is 0 Å². The van der Waals surface area contributed by atoms with Crippen LogP contribution in [0.15, 0.2) is 36.4 Å². The molecule has 0 saturated carbocycles. The van der Waals surface area contributed by atoms with Crippen molar-refractivity contribution >= 4 is 29.0 Å². The Hall–Kier alpha value is -2.82. The average Bonchev–Trinajstić information content (AvgIpc) is 2.94. The van der Waals surface area contributed by atoms with Crippen molar-refractivity contribution in [2.45, 2.75) is 27.2 Å². The Morgan fingerprint density at radius 3 is 2.29 bits per heavy atom. The maximum atomic E-state index is 12.2. The third kappa shape index (κ3) is 3.25. The van der Waals surface area contributed by atoms with E-state index in [4.69, 9.17) is 0 Å². The van der Waals surface area contributed by atoms with Crippen molar-refractivity contribution in [3.63, 3.8) is 0 Å². The van der Waals surface area contributed by atoms with Crippen LogP contribution in [0.1, 0.15) is 23.6 Å². The summed E-state index contributed by atoms with van der Waals surface area (Å²) in [5, 5.41) is 5.66. The van der Waals surface area contributed by atoms with E-state index >= 15 is 0 Å². The standard InChI is InChI=1S/C19H21N3O2/c1-12-4-6-16(10-13(12)2)20-19(24)21-17-7-5-15-8-9-22(14(3)23)18(15)11-17/h4-7,10-11H,8-9H2,1-3H3,(H2,20,21,24). The molecule has 124 valence electrons. The van der Waals surface area contributed by atoms with Crippen molar-refractivity contribution in [2.75, 3.05) is 22.1 Å². The molecule has 0 bridgehead atoms. The van der Waals surface area contributed by atoms with E-state index in [0.717, 1.165) is 28.9 Å². The maximum Gasteiger partial charge on any atom is 0.323 e. The van der Waals surface area contributed by atoms with E-state index in [1.165, 1.54) is 5.56 Å². The number of urea groups is 1. The summed E-state index contributed by atoms with van der Waals surface area (Å²) in [5.41, 5.74) is 5.74. The first-order chi connectivity index (χ1) is 11.4. The zero-order valence-electron chi connectivity index (χ0n) is 14.1. The van der Waals surface area contributed by atoms with Gasteiger partial charge in [0.05, 0.1) is 0 Å². The summed E-state index contributed by atoms with van der Waals surface area (Å²) in [5.74, 6) is 0.0190. The number of aryl methyl sites for hydroxylation is 2. The Morgan fingerprint density at radius 2 is 1.62 bits per heavy atom. The molecule has 5 nitrogen and oxygen atoms in total. The molecule has 0 aliphatic carbocycles. The fourth-order valence-electron chi connectivity index (χ4n) is 2.90. The van der Waals surface area contributed by atoms with E-state index in [0.29, 0.717) is 12.2 Å². The number of fused-ring (bicyclic) bond motifs is 1. The summed E-state index contributed by atoms with van der Waals surface area (Å²) in [6, 6.07) is 11.2. The lowest BCUT2D eigenvalue weighted by Crippen LogP contribution is -2.26.